The second kappa shape index (κ2) is 12.4. The quantitative estimate of drug-likeness (QED) is 0.437. The van der Waals surface area contributed by atoms with Crippen molar-refractivity contribution in [2.75, 3.05) is 19.7 Å². The number of rotatable bonds is 11. The van der Waals surface area contributed by atoms with Crippen LogP contribution >= 0.6 is 0 Å². The fourth-order valence-corrected chi connectivity index (χ4v) is 3.56. The zero-order chi connectivity index (χ0) is 21.9. The Bertz CT molecular complexity index is 692. The summed E-state index contributed by atoms with van der Waals surface area (Å²) in [5, 5.41) is 3.01. The number of nitrogens with zero attached hydrogens (tertiary/aromatic N) is 1. The normalized spacial score (nSPS) is 14.6. The molecule has 0 spiro atoms. The molecule has 0 saturated carbocycles. The minimum Gasteiger partial charge on any atom is -0.494 e. The van der Waals surface area contributed by atoms with Gasteiger partial charge in [0.25, 0.3) is 0 Å². The third-order valence-corrected chi connectivity index (χ3v) is 5.44. The third kappa shape index (κ3) is 7.81. The van der Waals surface area contributed by atoms with E-state index in [4.69, 9.17) is 4.74 Å². The first-order valence-electron chi connectivity index (χ1n) is 11.2. The van der Waals surface area contributed by atoms with E-state index in [-0.39, 0.29) is 42.4 Å². The van der Waals surface area contributed by atoms with Crippen LogP contribution in [0.25, 0.3) is 0 Å². The lowest BCUT2D eigenvalue weighted by molar-refractivity contribution is -0.135. The monoisotopic (exact) mass is 416 g/mol. The Hall–Kier alpha value is -2.37. The number of ether oxygens (including phenoxy) is 1. The van der Waals surface area contributed by atoms with Crippen molar-refractivity contribution in [2.45, 2.75) is 71.8 Å². The molecule has 0 aliphatic carbocycles. The molecule has 166 valence electrons. The van der Waals surface area contributed by atoms with Gasteiger partial charge in [0.15, 0.2) is 5.78 Å². The highest BCUT2D eigenvalue weighted by atomic mass is 16.5. The number of unbranched alkanes of at least 4 members (excludes halogenated alkanes) is 2. The molecule has 2 rings (SSSR count). The van der Waals surface area contributed by atoms with Crippen LogP contribution in [0.5, 0.6) is 5.75 Å². The predicted molar refractivity (Wildman–Crippen MR) is 118 cm³/mol. The highest BCUT2D eigenvalue weighted by Gasteiger charge is 2.25. The Morgan fingerprint density at radius 2 is 1.73 bits per heavy atom. The number of hydrogen-bond acceptors (Lipinski definition) is 4. The number of piperidine rings is 1. The van der Waals surface area contributed by atoms with Gasteiger partial charge in [0.1, 0.15) is 5.75 Å². The molecule has 1 N–H and O–H groups in total. The first-order chi connectivity index (χ1) is 14.4. The third-order valence-electron chi connectivity index (χ3n) is 5.44. The van der Waals surface area contributed by atoms with Crippen molar-refractivity contribution in [1.82, 2.24) is 10.2 Å². The van der Waals surface area contributed by atoms with Crippen molar-refractivity contribution in [1.29, 1.82) is 0 Å². The fraction of sp³-hybridized carbons (Fsp3) is 0.625. The van der Waals surface area contributed by atoms with Gasteiger partial charge < -0.3 is 15.0 Å². The molecule has 1 heterocycles. The second-order valence-corrected chi connectivity index (χ2v) is 8.32. The van der Waals surface area contributed by atoms with Crippen molar-refractivity contribution < 1.29 is 19.1 Å². The summed E-state index contributed by atoms with van der Waals surface area (Å²) in [6.07, 6.45) is 5.22. The van der Waals surface area contributed by atoms with E-state index in [9.17, 15) is 14.4 Å². The summed E-state index contributed by atoms with van der Waals surface area (Å²) in [5.74, 6) is 0.794. The maximum atomic E-state index is 12.4. The average molecular weight is 417 g/mol. The molecule has 6 heteroatoms. The Labute approximate surface area is 180 Å². The van der Waals surface area contributed by atoms with Crippen molar-refractivity contribution in [2.24, 2.45) is 5.92 Å². The van der Waals surface area contributed by atoms with Crippen molar-refractivity contribution in [3.05, 3.63) is 29.8 Å². The molecule has 0 unspecified atom stereocenters. The molecule has 30 heavy (non-hydrogen) atoms. The maximum absolute atomic E-state index is 12.4. The van der Waals surface area contributed by atoms with E-state index in [1.165, 1.54) is 0 Å². The molecule has 6 nitrogen and oxygen atoms in total. The van der Waals surface area contributed by atoms with Crippen LogP contribution in [-0.2, 0) is 9.59 Å². The number of Topliss-reactive ketones (excluding diaryl/α,β-unsaturated/α-hetero) is 1. The van der Waals surface area contributed by atoms with Gasteiger partial charge in [0, 0.05) is 43.5 Å². The van der Waals surface area contributed by atoms with Crippen LogP contribution in [0.2, 0.25) is 0 Å². The summed E-state index contributed by atoms with van der Waals surface area (Å²) < 4.78 is 5.66. The number of nitrogens with one attached hydrogen (secondary N) is 1. The standard InChI is InChI=1S/C24H36N2O4/c1-4-5-6-17-30-21-9-7-19(8-10-21)22(27)11-12-23(28)25-20-13-15-26(16-14-20)24(29)18(2)3/h7-10,18,20H,4-6,11-17H2,1-3H3,(H,25,28). The van der Waals surface area contributed by atoms with Crippen LogP contribution in [0, 0.1) is 5.92 Å². The van der Waals surface area contributed by atoms with Crippen LogP contribution in [-0.4, -0.2) is 48.2 Å². The van der Waals surface area contributed by atoms with Crippen LogP contribution in [0.15, 0.2) is 24.3 Å². The Morgan fingerprint density at radius 3 is 2.33 bits per heavy atom. The van der Waals surface area contributed by atoms with Crippen molar-refractivity contribution in [3.63, 3.8) is 0 Å². The van der Waals surface area contributed by atoms with Crippen LogP contribution in [0.4, 0.5) is 0 Å². The number of carbonyl (C=O) groups excluding carboxylic acids is 3. The van der Waals surface area contributed by atoms with Gasteiger partial charge in [0.05, 0.1) is 6.61 Å². The van der Waals surface area contributed by atoms with E-state index in [2.05, 4.69) is 12.2 Å². The topological polar surface area (TPSA) is 75.7 Å². The molecule has 0 bridgehead atoms. The second-order valence-electron chi connectivity index (χ2n) is 8.32. The molecule has 0 atom stereocenters. The number of likely N-dealkylation sites (tertiary alicyclic amines) is 1. The van der Waals surface area contributed by atoms with Crippen molar-refractivity contribution >= 4 is 17.6 Å². The summed E-state index contributed by atoms with van der Waals surface area (Å²) >= 11 is 0. The summed E-state index contributed by atoms with van der Waals surface area (Å²) in [4.78, 5) is 38.5. The lowest BCUT2D eigenvalue weighted by Gasteiger charge is -2.33. The first kappa shape index (κ1) is 23.9. The molecule has 1 aliphatic rings. The molecule has 1 aromatic carbocycles. The highest BCUT2D eigenvalue weighted by molar-refractivity contribution is 5.98. The molecular weight excluding hydrogens is 380 g/mol. The number of benzene rings is 1. The van der Waals surface area contributed by atoms with Gasteiger partial charge in [0.2, 0.25) is 11.8 Å². The summed E-state index contributed by atoms with van der Waals surface area (Å²) in [7, 11) is 0. The number of hydrogen-bond donors (Lipinski definition) is 1. The molecule has 1 aromatic rings. The van der Waals surface area contributed by atoms with E-state index in [0.717, 1.165) is 37.9 Å². The van der Waals surface area contributed by atoms with E-state index >= 15 is 0 Å². The lowest BCUT2D eigenvalue weighted by atomic mass is 10.0. The largest absolute Gasteiger partial charge is 0.494 e. The highest BCUT2D eigenvalue weighted by Crippen LogP contribution is 2.16. The van der Waals surface area contributed by atoms with E-state index in [1.54, 1.807) is 12.1 Å². The lowest BCUT2D eigenvalue weighted by Crippen LogP contribution is -2.47. The zero-order valence-corrected chi connectivity index (χ0v) is 18.6. The Morgan fingerprint density at radius 1 is 1.07 bits per heavy atom. The maximum Gasteiger partial charge on any atom is 0.225 e. The van der Waals surface area contributed by atoms with Crippen LogP contribution < -0.4 is 10.1 Å². The molecule has 0 radical (unpaired) electrons. The fourth-order valence-electron chi connectivity index (χ4n) is 3.56. The SMILES string of the molecule is CCCCCOc1ccc(C(=O)CCC(=O)NC2CCN(C(=O)C(C)C)CC2)cc1. The molecule has 0 aromatic heterocycles. The summed E-state index contributed by atoms with van der Waals surface area (Å²) in [6.45, 7) is 8.00. The van der Waals surface area contributed by atoms with Crippen molar-refractivity contribution in [3.8, 4) is 5.75 Å². The van der Waals surface area contributed by atoms with Gasteiger partial charge in [-0.2, -0.15) is 0 Å². The van der Waals surface area contributed by atoms with Gasteiger partial charge in [-0.3, -0.25) is 14.4 Å². The van der Waals surface area contributed by atoms with Gasteiger partial charge in [-0.25, -0.2) is 0 Å². The molecule has 1 saturated heterocycles. The van der Waals surface area contributed by atoms with Crippen LogP contribution in [0.3, 0.4) is 0 Å². The van der Waals surface area contributed by atoms with Gasteiger partial charge in [-0.15, -0.1) is 0 Å². The predicted octanol–water partition coefficient (Wildman–Crippen LogP) is 3.98. The van der Waals surface area contributed by atoms with E-state index < -0.39 is 0 Å². The number of amides is 2. The Kier molecular flexibility index (Phi) is 9.84. The van der Waals surface area contributed by atoms with E-state index in [1.807, 2.05) is 30.9 Å². The van der Waals surface area contributed by atoms with Gasteiger partial charge in [-0.05, 0) is 43.5 Å². The first-order valence-corrected chi connectivity index (χ1v) is 11.2. The zero-order valence-electron chi connectivity index (χ0n) is 18.6. The molecule has 2 amide bonds. The molecular formula is C24H36N2O4. The smallest absolute Gasteiger partial charge is 0.225 e. The molecule has 1 fully saturated rings. The van der Waals surface area contributed by atoms with E-state index in [0.29, 0.717) is 25.3 Å². The number of ketones is 1. The molecule has 1 aliphatic heterocycles. The van der Waals surface area contributed by atoms with Gasteiger partial charge >= 0.3 is 0 Å². The minimum atomic E-state index is -0.104. The minimum absolute atomic E-state index is 0.00356. The van der Waals surface area contributed by atoms with Gasteiger partial charge in [-0.1, -0.05) is 33.6 Å². The summed E-state index contributed by atoms with van der Waals surface area (Å²) in [5.41, 5.74) is 0.601. The Balaban J connectivity index is 1.68. The van der Waals surface area contributed by atoms with Crippen LogP contribution in [0.1, 0.15) is 76.1 Å². The average Bonchev–Trinajstić information content (AvgIpc) is 2.75. The summed E-state index contributed by atoms with van der Waals surface area (Å²) in [6, 6.07) is 7.22. The number of carbonyl (C=O) groups is 3.